The van der Waals surface area contributed by atoms with Crippen molar-refractivity contribution in [3.63, 3.8) is 0 Å². The molecule has 0 atom stereocenters. The lowest BCUT2D eigenvalue weighted by Gasteiger charge is -2.12. The summed E-state index contributed by atoms with van der Waals surface area (Å²) in [6, 6.07) is 7.04. The zero-order valence-corrected chi connectivity index (χ0v) is 11.7. The minimum absolute atomic E-state index is 0.215. The standard InChI is InChI=1S/C14H16FN3S/c1-10(2)17-8-11-7-12(15)3-4-13(11)19-14-5-6-16-9-18-14/h3-7,9-10,17H,8H2,1-2H3. The lowest BCUT2D eigenvalue weighted by atomic mass is 10.2. The van der Waals surface area contributed by atoms with Gasteiger partial charge in [0.25, 0.3) is 0 Å². The summed E-state index contributed by atoms with van der Waals surface area (Å²) >= 11 is 1.52. The van der Waals surface area contributed by atoms with E-state index >= 15 is 0 Å². The minimum Gasteiger partial charge on any atom is -0.310 e. The molecule has 0 amide bonds. The molecule has 0 spiro atoms. The van der Waals surface area contributed by atoms with Crippen LogP contribution in [0.25, 0.3) is 0 Å². The van der Waals surface area contributed by atoms with Crippen LogP contribution in [-0.2, 0) is 6.54 Å². The van der Waals surface area contributed by atoms with Gasteiger partial charge in [-0.15, -0.1) is 0 Å². The fourth-order valence-electron chi connectivity index (χ4n) is 1.55. The van der Waals surface area contributed by atoms with Gasteiger partial charge in [0, 0.05) is 23.7 Å². The van der Waals surface area contributed by atoms with Crippen molar-refractivity contribution in [1.29, 1.82) is 0 Å². The van der Waals surface area contributed by atoms with Crippen LogP contribution in [-0.4, -0.2) is 16.0 Å². The van der Waals surface area contributed by atoms with E-state index in [1.807, 2.05) is 6.07 Å². The number of aromatic nitrogens is 2. The van der Waals surface area contributed by atoms with Crippen molar-refractivity contribution in [2.24, 2.45) is 0 Å². The highest BCUT2D eigenvalue weighted by atomic mass is 32.2. The Kier molecular flexibility index (Phi) is 4.87. The second kappa shape index (κ2) is 6.63. The minimum atomic E-state index is -0.215. The van der Waals surface area contributed by atoms with Crippen LogP contribution in [0.1, 0.15) is 19.4 Å². The summed E-state index contributed by atoms with van der Waals surface area (Å²) < 4.78 is 13.3. The molecule has 1 aromatic heterocycles. The number of nitrogens with one attached hydrogen (secondary N) is 1. The second-order valence-corrected chi connectivity index (χ2v) is 5.50. The topological polar surface area (TPSA) is 37.8 Å². The number of rotatable bonds is 5. The van der Waals surface area contributed by atoms with Crippen molar-refractivity contribution in [3.05, 3.63) is 48.2 Å². The fourth-order valence-corrected chi connectivity index (χ4v) is 2.40. The highest BCUT2D eigenvalue weighted by Crippen LogP contribution is 2.29. The van der Waals surface area contributed by atoms with Gasteiger partial charge in [-0.2, -0.15) is 0 Å². The molecule has 1 N–H and O–H groups in total. The first-order valence-corrected chi connectivity index (χ1v) is 6.92. The van der Waals surface area contributed by atoms with Crippen LogP contribution in [0.4, 0.5) is 4.39 Å². The molecule has 0 aliphatic rings. The van der Waals surface area contributed by atoms with Crippen LogP contribution in [0.15, 0.2) is 46.7 Å². The molecule has 5 heteroatoms. The molecule has 0 aliphatic heterocycles. The number of benzene rings is 1. The van der Waals surface area contributed by atoms with Gasteiger partial charge in [-0.1, -0.05) is 25.6 Å². The summed E-state index contributed by atoms with van der Waals surface area (Å²) in [5.74, 6) is -0.215. The van der Waals surface area contributed by atoms with Gasteiger partial charge in [0.2, 0.25) is 0 Å². The molecule has 2 rings (SSSR count). The normalized spacial score (nSPS) is 10.9. The van der Waals surface area contributed by atoms with Crippen LogP contribution in [0.3, 0.4) is 0 Å². The molecule has 0 bridgehead atoms. The molecule has 2 aromatic rings. The largest absolute Gasteiger partial charge is 0.310 e. The third-order valence-corrected chi connectivity index (χ3v) is 3.56. The first-order chi connectivity index (χ1) is 9.15. The first-order valence-electron chi connectivity index (χ1n) is 6.11. The van der Waals surface area contributed by atoms with Crippen molar-refractivity contribution >= 4 is 11.8 Å². The Morgan fingerprint density at radius 2 is 2.16 bits per heavy atom. The van der Waals surface area contributed by atoms with Gasteiger partial charge in [-0.3, -0.25) is 0 Å². The van der Waals surface area contributed by atoms with E-state index in [0.29, 0.717) is 12.6 Å². The molecule has 19 heavy (non-hydrogen) atoms. The first kappa shape index (κ1) is 14.0. The van der Waals surface area contributed by atoms with E-state index in [4.69, 9.17) is 0 Å². The van der Waals surface area contributed by atoms with Gasteiger partial charge >= 0.3 is 0 Å². The van der Waals surface area contributed by atoms with Crippen LogP contribution < -0.4 is 5.32 Å². The Morgan fingerprint density at radius 1 is 1.32 bits per heavy atom. The second-order valence-electron chi connectivity index (χ2n) is 4.44. The molecule has 3 nitrogen and oxygen atoms in total. The van der Waals surface area contributed by atoms with E-state index in [1.165, 1.54) is 24.2 Å². The van der Waals surface area contributed by atoms with E-state index in [2.05, 4.69) is 29.1 Å². The molecule has 1 heterocycles. The third-order valence-electron chi connectivity index (χ3n) is 2.49. The van der Waals surface area contributed by atoms with Crippen molar-refractivity contribution in [2.75, 3.05) is 0 Å². The number of halogens is 1. The molecular weight excluding hydrogens is 261 g/mol. The maximum atomic E-state index is 13.3. The molecule has 0 unspecified atom stereocenters. The van der Waals surface area contributed by atoms with Gasteiger partial charge in [-0.05, 0) is 29.8 Å². The zero-order chi connectivity index (χ0) is 13.7. The molecule has 0 saturated carbocycles. The van der Waals surface area contributed by atoms with Gasteiger partial charge in [0.05, 0.1) is 0 Å². The van der Waals surface area contributed by atoms with Crippen LogP contribution in [0.2, 0.25) is 0 Å². The van der Waals surface area contributed by atoms with Crippen LogP contribution in [0, 0.1) is 5.82 Å². The van der Waals surface area contributed by atoms with Crippen molar-refractivity contribution < 1.29 is 4.39 Å². The van der Waals surface area contributed by atoms with E-state index in [0.717, 1.165) is 15.5 Å². The van der Waals surface area contributed by atoms with Crippen molar-refractivity contribution in [3.8, 4) is 0 Å². The van der Waals surface area contributed by atoms with Gasteiger partial charge in [0.1, 0.15) is 17.2 Å². The summed E-state index contributed by atoms with van der Waals surface area (Å²) in [4.78, 5) is 9.06. The summed E-state index contributed by atoms with van der Waals surface area (Å²) in [5.41, 5.74) is 0.942. The van der Waals surface area contributed by atoms with Gasteiger partial charge < -0.3 is 5.32 Å². The quantitative estimate of drug-likeness (QED) is 0.851. The molecule has 0 fully saturated rings. The highest BCUT2D eigenvalue weighted by Gasteiger charge is 2.07. The molecule has 100 valence electrons. The fraction of sp³-hybridized carbons (Fsp3) is 0.286. The number of hydrogen-bond donors (Lipinski definition) is 1. The lowest BCUT2D eigenvalue weighted by Crippen LogP contribution is -2.22. The van der Waals surface area contributed by atoms with Crippen molar-refractivity contribution in [1.82, 2.24) is 15.3 Å². The van der Waals surface area contributed by atoms with Crippen LogP contribution >= 0.6 is 11.8 Å². The molecule has 0 aliphatic carbocycles. The maximum absolute atomic E-state index is 13.3. The summed E-state index contributed by atoms with van der Waals surface area (Å²) in [7, 11) is 0. The summed E-state index contributed by atoms with van der Waals surface area (Å²) in [6.07, 6.45) is 3.21. The van der Waals surface area contributed by atoms with E-state index in [1.54, 1.807) is 18.3 Å². The molecule has 1 aromatic carbocycles. The molecule has 0 saturated heterocycles. The Bertz CT molecular complexity index is 531. The molecular formula is C14H16FN3S. The number of nitrogens with zero attached hydrogens (tertiary/aromatic N) is 2. The smallest absolute Gasteiger partial charge is 0.123 e. The average molecular weight is 277 g/mol. The maximum Gasteiger partial charge on any atom is 0.123 e. The van der Waals surface area contributed by atoms with Gasteiger partial charge in [0.15, 0.2) is 0 Å². The Hall–Kier alpha value is -1.46. The Morgan fingerprint density at radius 3 is 2.84 bits per heavy atom. The molecule has 0 radical (unpaired) electrons. The monoisotopic (exact) mass is 277 g/mol. The van der Waals surface area contributed by atoms with Crippen molar-refractivity contribution in [2.45, 2.75) is 36.4 Å². The number of hydrogen-bond acceptors (Lipinski definition) is 4. The zero-order valence-electron chi connectivity index (χ0n) is 10.9. The summed E-state index contributed by atoms with van der Waals surface area (Å²) in [6.45, 7) is 4.77. The predicted octanol–water partition coefficient (Wildman–Crippen LogP) is 3.26. The average Bonchev–Trinajstić information content (AvgIpc) is 2.40. The SMILES string of the molecule is CC(C)NCc1cc(F)ccc1Sc1ccncn1. The van der Waals surface area contributed by atoms with Gasteiger partial charge in [-0.25, -0.2) is 14.4 Å². The predicted molar refractivity (Wildman–Crippen MR) is 74.5 cm³/mol. The highest BCUT2D eigenvalue weighted by molar-refractivity contribution is 7.99. The van der Waals surface area contributed by atoms with E-state index < -0.39 is 0 Å². The Balaban J connectivity index is 2.19. The van der Waals surface area contributed by atoms with Crippen LogP contribution in [0.5, 0.6) is 0 Å². The third kappa shape index (κ3) is 4.29. The Labute approximate surface area is 116 Å². The van der Waals surface area contributed by atoms with E-state index in [9.17, 15) is 4.39 Å². The van der Waals surface area contributed by atoms with E-state index in [-0.39, 0.29) is 5.82 Å². The summed E-state index contributed by atoms with van der Waals surface area (Å²) in [5, 5.41) is 4.16. The lowest BCUT2D eigenvalue weighted by molar-refractivity contribution is 0.576.